The number of aryl methyl sites for hydroxylation is 2. The molecule has 0 atom stereocenters. The quantitative estimate of drug-likeness (QED) is 0.439. The van der Waals surface area contributed by atoms with Gasteiger partial charge in [-0.3, -0.25) is 0 Å². The molecule has 0 spiro atoms. The summed E-state index contributed by atoms with van der Waals surface area (Å²) >= 11 is 1.73. The highest BCUT2D eigenvalue weighted by Gasteiger charge is 2.23. The van der Waals surface area contributed by atoms with Gasteiger partial charge in [0.25, 0.3) is 0 Å². The minimum Gasteiger partial charge on any atom is -0.497 e. The average molecular weight is 419 g/mol. The fourth-order valence-electron chi connectivity index (χ4n) is 4.46. The number of hydrogen-bond donors (Lipinski definition) is 1. The van der Waals surface area contributed by atoms with Crippen LogP contribution < -0.4 is 10.1 Å². The van der Waals surface area contributed by atoms with E-state index < -0.39 is 0 Å². The molecular formula is C24H26N4OS. The smallest absolute Gasteiger partial charge is 0.147 e. The number of pyridine rings is 1. The van der Waals surface area contributed by atoms with Crippen LogP contribution in [0.3, 0.4) is 0 Å². The topological polar surface area (TPSA) is 59.9 Å². The normalized spacial score (nSPS) is 13.1. The van der Waals surface area contributed by atoms with Crippen molar-refractivity contribution < 1.29 is 4.74 Å². The predicted molar refractivity (Wildman–Crippen MR) is 124 cm³/mol. The van der Waals surface area contributed by atoms with E-state index in [9.17, 15) is 0 Å². The van der Waals surface area contributed by atoms with Crippen molar-refractivity contribution in [3.8, 4) is 5.75 Å². The summed E-state index contributed by atoms with van der Waals surface area (Å²) in [5.74, 6) is 1.80. The molecule has 5 nitrogen and oxygen atoms in total. The van der Waals surface area contributed by atoms with Gasteiger partial charge in [0.05, 0.1) is 17.3 Å². The van der Waals surface area contributed by atoms with Crippen LogP contribution in [0.15, 0.2) is 30.6 Å². The van der Waals surface area contributed by atoms with Gasteiger partial charge in [-0.1, -0.05) is 25.5 Å². The lowest BCUT2D eigenvalue weighted by Gasteiger charge is -2.08. The summed E-state index contributed by atoms with van der Waals surface area (Å²) in [6.07, 6.45) is 8.32. The molecule has 3 heterocycles. The van der Waals surface area contributed by atoms with Crippen molar-refractivity contribution in [1.82, 2.24) is 15.0 Å². The molecule has 3 aromatic heterocycles. The molecule has 0 saturated heterocycles. The van der Waals surface area contributed by atoms with Gasteiger partial charge in [0.1, 0.15) is 22.7 Å². The van der Waals surface area contributed by atoms with Crippen LogP contribution in [-0.4, -0.2) is 28.6 Å². The van der Waals surface area contributed by atoms with Crippen LogP contribution in [-0.2, 0) is 25.7 Å². The van der Waals surface area contributed by atoms with Crippen molar-refractivity contribution >= 4 is 37.6 Å². The number of aromatic nitrogens is 3. The Hall–Kier alpha value is -2.73. The molecular weight excluding hydrogens is 392 g/mol. The Labute approximate surface area is 180 Å². The van der Waals surface area contributed by atoms with Crippen molar-refractivity contribution in [3.05, 3.63) is 53.0 Å². The van der Waals surface area contributed by atoms with E-state index in [1.165, 1.54) is 34.2 Å². The average Bonchev–Trinajstić information content (AvgIpc) is 3.39. The number of hydrogen-bond acceptors (Lipinski definition) is 6. The molecule has 1 aliphatic carbocycles. The van der Waals surface area contributed by atoms with E-state index in [0.29, 0.717) is 0 Å². The van der Waals surface area contributed by atoms with E-state index in [4.69, 9.17) is 9.72 Å². The summed E-state index contributed by atoms with van der Waals surface area (Å²) in [4.78, 5) is 15.4. The molecule has 1 aromatic carbocycles. The van der Waals surface area contributed by atoms with Crippen LogP contribution in [0.1, 0.15) is 42.1 Å². The molecule has 0 amide bonds. The lowest BCUT2D eigenvalue weighted by Crippen LogP contribution is -2.06. The molecule has 0 radical (unpaired) electrons. The summed E-state index contributed by atoms with van der Waals surface area (Å²) in [5, 5.41) is 4.80. The number of fused-ring (bicyclic) bond motifs is 5. The van der Waals surface area contributed by atoms with Gasteiger partial charge >= 0.3 is 0 Å². The van der Waals surface area contributed by atoms with Gasteiger partial charge in [-0.25, -0.2) is 15.0 Å². The fourth-order valence-corrected chi connectivity index (χ4v) is 5.61. The van der Waals surface area contributed by atoms with Crippen molar-refractivity contribution in [3.63, 3.8) is 0 Å². The second kappa shape index (κ2) is 8.19. The number of thiophene rings is 1. The Kier molecular flexibility index (Phi) is 5.25. The maximum absolute atomic E-state index is 5.24. The van der Waals surface area contributed by atoms with Crippen LogP contribution in [0.4, 0.5) is 5.82 Å². The molecule has 0 fully saturated rings. The van der Waals surface area contributed by atoms with Gasteiger partial charge in [0.15, 0.2) is 0 Å². The second-order valence-electron chi connectivity index (χ2n) is 7.83. The zero-order chi connectivity index (χ0) is 20.5. The molecule has 30 heavy (non-hydrogen) atoms. The van der Waals surface area contributed by atoms with Gasteiger partial charge in [-0.15, -0.1) is 11.3 Å². The predicted octanol–water partition coefficient (Wildman–Crippen LogP) is 5.34. The molecule has 154 valence electrons. The monoisotopic (exact) mass is 418 g/mol. The first kappa shape index (κ1) is 19.2. The number of benzene rings is 1. The van der Waals surface area contributed by atoms with E-state index in [0.717, 1.165) is 65.3 Å². The van der Waals surface area contributed by atoms with E-state index in [1.54, 1.807) is 24.8 Å². The highest BCUT2D eigenvalue weighted by Crippen LogP contribution is 2.41. The third-order valence-corrected chi connectivity index (χ3v) is 6.99. The van der Waals surface area contributed by atoms with Gasteiger partial charge in [-0.05, 0) is 60.9 Å². The second-order valence-corrected chi connectivity index (χ2v) is 8.83. The number of methoxy groups -OCH3 is 1. The molecule has 5 rings (SSSR count). The van der Waals surface area contributed by atoms with Crippen LogP contribution in [0, 0.1) is 0 Å². The summed E-state index contributed by atoms with van der Waals surface area (Å²) < 4.78 is 6.36. The minimum absolute atomic E-state index is 0.819. The number of ether oxygens (including phenoxy) is 1. The lowest BCUT2D eigenvalue weighted by molar-refractivity contribution is 0.414. The van der Waals surface area contributed by atoms with E-state index in [1.807, 2.05) is 12.1 Å². The van der Waals surface area contributed by atoms with Crippen molar-refractivity contribution in [2.45, 2.75) is 45.4 Å². The zero-order valence-electron chi connectivity index (χ0n) is 17.5. The fraction of sp³-hybridized carbons (Fsp3) is 0.375. The Balaban J connectivity index is 1.46. The molecule has 4 aromatic rings. The van der Waals surface area contributed by atoms with Crippen LogP contribution in [0.5, 0.6) is 5.75 Å². The van der Waals surface area contributed by atoms with Crippen LogP contribution >= 0.6 is 11.3 Å². The van der Waals surface area contributed by atoms with Crippen LogP contribution in [0.2, 0.25) is 0 Å². The molecule has 1 N–H and O–H groups in total. The summed E-state index contributed by atoms with van der Waals surface area (Å²) in [6, 6.07) is 8.23. The van der Waals surface area contributed by atoms with E-state index >= 15 is 0 Å². The standard InChI is InChI=1S/C24H26N4OS/c1-3-5-19-17-6-4-7-18(17)20-21-22(30-24(20)28-19)23(27-14-26-21)25-13-12-15-8-10-16(29-2)11-9-15/h8-11,14H,3-7,12-13H2,1-2H3,(H,25,26,27). The highest BCUT2D eigenvalue weighted by atomic mass is 32.1. The third kappa shape index (κ3) is 3.39. The SMILES string of the molecule is CCCc1nc2sc3c(NCCc4ccc(OC)cc4)ncnc3c2c2c1CCC2. The van der Waals surface area contributed by atoms with E-state index in [-0.39, 0.29) is 0 Å². The number of nitrogens with zero attached hydrogens (tertiary/aromatic N) is 3. The molecule has 0 saturated carbocycles. The van der Waals surface area contributed by atoms with E-state index in [2.05, 4.69) is 34.3 Å². The Morgan fingerprint density at radius 1 is 1.07 bits per heavy atom. The first-order valence-electron chi connectivity index (χ1n) is 10.7. The van der Waals surface area contributed by atoms with Gasteiger partial charge in [0.2, 0.25) is 0 Å². The first-order valence-corrected chi connectivity index (χ1v) is 11.5. The maximum Gasteiger partial charge on any atom is 0.147 e. The summed E-state index contributed by atoms with van der Waals surface area (Å²) in [5.41, 5.74) is 6.60. The van der Waals surface area contributed by atoms with Gasteiger partial charge in [0, 0.05) is 17.6 Å². The first-order chi connectivity index (χ1) is 14.8. The van der Waals surface area contributed by atoms with Crippen molar-refractivity contribution in [2.75, 3.05) is 19.0 Å². The Bertz CT molecular complexity index is 1200. The highest BCUT2D eigenvalue weighted by molar-refractivity contribution is 7.26. The van der Waals surface area contributed by atoms with Crippen LogP contribution in [0.25, 0.3) is 20.4 Å². The molecule has 0 bridgehead atoms. The number of nitrogens with one attached hydrogen (secondary N) is 1. The molecule has 0 unspecified atom stereocenters. The maximum atomic E-state index is 5.24. The minimum atomic E-state index is 0.819. The molecule has 1 aliphatic rings. The Morgan fingerprint density at radius 2 is 1.90 bits per heavy atom. The molecule has 0 aliphatic heterocycles. The third-order valence-electron chi connectivity index (χ3n) is 5.91. The lowest BCUT2D eigenvalue weighted by atomic mass is 10.0. The van der Waals surface area contributed by atoms with Crippen molar-refractivity contribution in [2.24, 2.45) is 0 Å². The largest absolute Gasteiger partial charge is 0.497 e. The van der Waals surface area contributed by atoms with Gasteiger partial charge < -0.3 is 10.1 Å². The molecule has 6 heteroatoms. The summed E-state index contributed by atoms with van der Waals surface area (Å²) in [7, 11) is 1.69. The number of anilines is 1. The summed E-state index contributed by atoms with van der Waals surface area (Å²) in [6.45, 7) is 3.05. The van der Waals surface area contributed by atoms with Crippen molar-refractivity contribution in [1.29, 1.82) is 0 Å². The Morgan fingerprint density at radius 3 is 2.70 bits per heavy atom. The zero-order valence-corrected chi connectivity index (χ0v) is 18.3. The number of rotatable bonds is 7. The van der Waals surface area contributed by atoms with Gasteiger partial charge in [-0.2, -0.15) is 0 Å².